The Kier molecular flexibility index (Phi) is 9.32. The van der Waals surface area contributed by atoms with Gasteiger partial charge in [-0.2, -0.15) is 0 Å². The molecule has 0 aromatic heterocycles. The van der Waals surface area contributed by atoms with E-state index in [1.807, 2.05) is 24.3 Å². The molecule has 244 valence electrons. The van der Waals surface area contributed by atoms with Gasteiger partial charge in [-0.25, -0.2) is 0 Å². The summed E-state index contributed by atoms with van der Waals surface area (Å²) in [5.41, 5.74) is 14.2. The zero-order valence-corrected chi connectivity index (χ0v) is 28.1. The largest absolute Gasteiger partial charge is 0.498 e. The van der Waals surface area contributed by atoms with Gasteiger partial charge in [-0.3, -0.25) is 9.80 Å². The Morgan fingerprint density at radius 2 is 1.59 bits per heavy atom. The van der Waals surface area contributed by atoms with Gasteiger partial charge in [0, 0.05) is 44.0 Å². The molecule has 0 saturated heterocycles. The van der Waals surface area contributed by atoms with Crippen molar-refractivity contribution in [3.63, 3.8) is 0 Å². The fourth-order valence-electron chi connectivity index (χ4n) is 7.14. The van der Waals surface area contributed by atoms with Crippen LogP contribution in [0, 0.1) is 6.92 Å². The highest BCUT2D eigenvalue weighted by Crippen LogP contribution is 2.41. The van der Waals surface area contributed by atoms with Gasteiger partial charge in [0.2, 0.25) is 0 Å². The second-order valence-electron chi connectivity index (χ2n) is 12.8. The van der Waals surface area contributed by atoms with Crippen molar-refractivity contribution in [2.45, 2.75) is 57.4 Å². The van der Waals surface area contributed by atoms with E-state index in [-0.39, 0.29) is 24.3 Å². The number of anilines is 1. The monoisotopic (exact) mass is 625 g/mol. The van der Waals surface area contributed by atoms with Gasteiger partial charge in [0.25, 0.3) is 0 Å². The molecule has 0 bridgehead atoms. The minimum absolute atomic E-state index is 0.212. The normalized spacial score (nSPS) is 23.3. The summed E-state index contributed by atoms with van der Waals surface area (Å²) in [6.07, 6.45) is 4.42. The minimum Gasteiger partial charge on any atom is -0.498 e. The summed E-state index contributed by atoms with van der Waals surface area (Å²) in [5.74, 6) is 3.70. The second kappa shape index (κ2) is 13.4. The third-order valence-corrected chi connectivity index (χ3v) is 9.97. The Bertz CT molecular complexity index is 1630. The minimum atomic E-state index is -0.319. The molecule has 0 saturated carbocycles. The molecule has 3 aliphatic rings. The molecular formula is C38H47N3O5. The quantitative estimate of drug-likeness (QED) is 0.271. The van der Waals surface area contributed by atoms with Gasteiger partial charge in [0.1, 0.15) is 17.3 Å². The maximum atomic E-state index is 7.02. The Morgan fingerprint density at radius 3 is 2.30 bits per heavy atom. The molecule has 4 atom stereocenters. The summed E-state index contributed by atoms with van der Waals surface area (Å²) in [7, 11) is 9.47. The van der Waals surface area contributed by atoms with E-state index in [0.29, 0.717) is 17.2 Å². The molecule has 8 nitrogen and oxygen atoms in total. The van der Waals surface area contributed by atoms with Crippen molar-refractivity contribution in [1.29, 1.82) is 0 Å². The molecule has 0 fully saturated rings. The summed E-state index contributed by atoms with van der Waals surface area (Å²) in [6, 6.07) is 18.8. The lowest BCUT2D eigenvalue weighted by molar-refractivity contribution is -0.000530. The number of nitrogens with two attached hydrogens (primary N) is 1. The number of ether oxygens (including phenoxy) is 5. The summed E-state index contributed by atoms with van der Waals surface area (Å²) in [5, 5.41) is 0. The molecule has 3 aromatic carbocycles. The van der Waals surface area contributed by atoms with Gasteiger partial charge in [0.05, 0.1) is 14.2 Å². The van der Waals surface area contributed by atoms with E-state index >= 15 is 0 Å². The highest BCUT2D eigenvalue weighted by molar-refractivity contribution is 5.53. The van der Waals surface area contributed by atoms with Gasteiger partial charge in [-0.15, -0.1) is 0 Å². The molecule has 1 aliphatic carbocycles. The lowest BCUT2D eigenvalue weighted by atomic mass is 9.82. The van der Waals surface area contributed by atoms with Crippen LogP contribution in [0.4, 0.5) is 5.69 Å². The topological polar surface area (TPSA) is 78.7 Å². The number of allylic oxidation sites excluding steroid dienone is 1. The molecule has 2 aliphatic heterocycles. The maximum absolute atomic E-state index is 7.02. The number of rotatable bonds is 9. The third kappa shape index (κ3) is 6.21. The van der Waals surface area contributed by atoms with Gasteiger partial charge in [0.15, 0.2) is 23.7 Å². The van der Waals surface area contributed by atoms with Crippen molar-refractivity contribution in [1.82, 2.24) is 9.80 Å². The van der Waals surface area contributed by atoms with Crippen LogP contribution < -0.4 is 19.9 Å². The zero-order valence-electron chi connectivity index (χ0n) is 28.1. The Balaban J connectivity index is 1.27. The highest BCUT2D eigenvalue weighted by atomic mass is 16.6. The summed E-state index contributed by atoms with van der Waals surface area (Å²) in [4.78, 5) is 4.84. The Labute approximate surface area is 273 Å². The maximum Gasteiger partial charge on any atom is 0.169 e. The first-order valence-corrected chi connectivity index (χ1v) is 16.1. The van der Waals surface area contributed by atoms with E-state index in [0.717, 1.165) is 55.2 Å². The molecule has 2 heterocycles. The number of hydrogen-bond acceptors (Lipinski definition) is 8. The highest BCUT2D eigenvalue weighted by Gasteiger charge is 2.41. The first-order valence-electron chi connectivity index (χ1n) is 16.1. The van der Waals surface area contributed by atoms with Gasteiger partial charge in [-0.1, -0.05) is 18.2 Å². The van der Waals surface area contributed by atoms with Gasteiger partial charge >= 0.3 is 0 Å². The molecule has 0 spiro atoms. The summed E-state index contributed by atoms with van der Waals surface area (Å²) < 4.78 is 30.5. The number of nitrogen functional groups attached to an aromatic ring is 1. The van der Waals surface area contributed by atoms with Crippen LogP contribution in [-0.2, 0) is 22.3 Å². The van der Waals surface area contributed by atoms with Crippen molar-refractivity contribution in [3.05, 3.63) is 99.8 Å². The standard InChI is InChI=1S/C38H47N3O5/c1-23-18-26-14-17-41(4)31(19-25-8-11-29(12-9-25)45-32-13-10-28(39)21-34(32)42-5)30(26)22-33(23)46-38-36-24(2)40(3)16-15-27(36)20-35(43-6)37(38)44-7/h8-13,18,20-22,24,31,37-38H,14-17,19,39H2,1-7H3/t24-,31-,37?,38?/m0/s1. The smallest absolute Gasteiger partial charge is 0.169 e. The van der Waals surface area contributed by atoms with Crippen molar-refractivity contribution in [3.8, 4) is 23.0 Å². The molecule has 0 amide bonds. The van der Waals surface area contributed by atoms with E-state index in [1.54, 1.807) is 27.4 Å². The van der Waals surface area contributed by atoms with Crippen LogP contribution in [-0.4, -0.2) is 76.6 Å². The summed E-state index contributed by atoms with van der Waals surface area (Å²) in [6.45, 7) is 6.43. The number of hydrogen-bond donors (Lipinski definition) is 1. The molecule has 6 rings (SSSR count). The average Bonchev–Trinajstić information content (AvgIpc) is 3.06. The Morgan fingerprint density at radius 1 is 0.826 bits per heavy atom. The number of nitrogens with zero attached hydrogens (tertiary/aromatic N) is 2. The van der Waals surface area contributed by atoms with Crippen molar-refractivity contribution >= 4 is 5.69 Å². The molecule has 3 aromatic rings. The fourth-order valence-corrected chi connectivity index (χ4v) is 7.14. The van der Waals surface area contributed by atoms with Crippen LogP contribution in [0.5, 0.6) is 23.0 Å². The number of methoxy groups -OCH3 is 3. The molecule has 2 unspecified atom stereocenters. The molecule has 0 radical (unpaired) electrons. The van der Waals surface area contributed by atoms with Crippen LogP contribution in [0.2, 0.25) is 0 Å². The lowest BCUT2D eigenvalue weighted by Gasteiger charge is -2.42. The Hall–Kier alpha value is -3.98. The van der Waals surface area contributed by atoms with Crippen LogP contribution >= 0.6 is 0 Å². The van der Waals surface area contributed by atoms with E-state index in [1.165, 1.54) is 27.8 Å². The second-order valence-corrected chi connectivity index (χ2v) is 12.8. The van der Waals surface area contributed by atoms with E-state index in [2.05, 4.69) is 68.1 Å². The third-order valence-electron chi connectivity index (χ3n) is 9.97. The zero-order chi connectivity index (χ0) is 32.5. The van der Waals surface area contributed by atoms with Gasteiger partial charge < -0.3 is 29.4 Å². The van der Waals surface area contributed by atoms with E-state index < -0.39 is 0 Å². The predicted octanol–water partition coefficient (Wildman–Crippen LogP) is 6.48. The molecule has 8 heteroatoms. The van der Waals surface area contributed by atoms with E-state index in [4.69, 9.17) is 29.4 Å². The number of aryl methyl sites for hydroxylation is 1. The molecular weight excluding hydrogens is 578 g/mol. The van der Waals surface area contributed by atoms with Crippen LogP contribution in [0.15, 0.2) is 77.6 Å². The van der Waals surface area contributed by atoms with Crippen LogP contribution in [0.3, 0.4) is 0 Å². The first kappa shape index (κ1) is 32.0. The van der Waals surface area contributed by atoms with Crippen LogP contribution in [0.25, 0.3) is 0 Å². The summed E-state index contributed by atoms with van der Waals surface area (Å²) >= 11 is 0. The van der Waals surface area contributed by atoms with Crippen molar-refractivity contribution in [2.24, 2.45) is 0 Å². The predicted molar refractivity (Wildman–Crippen MR) is 182 cm³/mol. The lowest BCUT2D eigenvalue weighted by Crippen LogP contribution is -2.49. The number of benzene rings is 3. The molecule has 2 N–H and O–H groups in total. The van der Waals surface area contributed by atoms with Crippen molar-refractivity contribution < 1.29 is 23.7 Å². The number of likely N-dealkylation sites (N-methyl/N-ethyl adjacent to an activating group) is 2. The fraction of sp³-hybridized carbons (Fsp3) is 0.421. The first-order chi connectivity index (χ1) is 22.2. The number of fused-ring (bicyclic) bond motifs is 1. The van der Waals surface area contributed by atoms with E-state index in [9.17, 15) is 0 Å². The van der Waals surface area contributed by atoms with Crippen molar-refractivity contribution in [2.75, 3.05) is 54.2 Å². The molecule has 46 heavy (non-hydrogen) atoms. The average molecular weight is 626 g/mol. The van der Waals surface area contributed by atoms with Crippen LogP contribution in [0.1, 0.15) is 41.6 Å². The SMILES string of the molecule is COC1=CC2=C(C(Oc3cc4c(cc3C)CCN(C)[C@H]4Cc3ccc(Oc4ccc(N)cc4OC)cc3)C1OC)[C@H](C)N(C)CC2. The van der Waals surface area contributed by atoms with Gasteiger partial charge in [-0.05, 0) is 117 Å².